The summed E-state index contributed by atoms with van der Waals surface area (Å²) in [6.07, 6.45) is 0. The Morgan fingerprint density at radius 2 is 1.79 bits per heavy atom. The molecular weight excluding hydrogens is 260 g/mol. The highest BCUT2D eigenvalue weighted by Gasteiger charge is 2.31. The molecule has 0 saturated carbocycles. The first-order valence-corrected chi connectivity index (χ1v) is 5.63. The van der Waals surface area contributed by atoms with Crippen molar-refractivity contribution in [3.05, 3.63) is 0 Å². The summed E-state index contributed by atoms with van der Waals surface area (Å²) in [5.41, 5.74) is 0. The maximum Gasteiger partial charge on any atom is 0.323 e. The highest BCUT2D eigenvalue weighted by molar-refractivity contribution is 5.84. The monoisotopic (exact) mass is 276 g/mol. The zero-order valence-electron chi connectivity index (χ0n) is 10.2. The Bertz CT molecular complexity index is 344. The Hall–Kier alpha value is -1.87. The summed E-state index contributed by atoms with van der Waals surface area (Å²) in [7, 11) is 0. The molecule has 1 aliphatic rings. The SMILES string of the molecule is O=C(O)CN(CC(=O)O)C(=O)N1CCOCC1CO. The molecule has 1 fully saturated rings. The summed E-state index contributed by atoms with van der Waals surface area (Å²) in [5, 5.41) is 26.5. The van der Waals surface area contributed by atoms with Gasteiger partial charge < -0.3 is 29.9 Å². The van der Waals surface area contributed by atoms with Gasteiger partial charge in [-0.15, -0.1) is 0 Å². The van der Waals surface area contributed by atoms with E-state index < -0.39 is 37.1 Å². The van der Waals surface area contributed by atoms with E-state index in [-0.39, 0.29) is 26.4 Å². The summed E-state index contributed by atoms with van der Waals surface area (Å²) >= 11 is 0. The van der Waals surface area contributed by atoms with Crippen LogP contribution in [-0.4, -0.2) is 88.6 Å². The average Bonchev–Trinajstić information content (AvgIpc) is 2.36. The number of aliphatic hydroxyl groups is 1. The molecule has 0 aromatic carbocycles. The van der Waals surface area contributed by atoms with Crippen LogP contribution in [0, 0.1) is 0 Å². The van der Waals surface area contributed by atoms with Crippen LogP contribution in [0.25, 0.3) is 0 Å². The third kappa shape index (κ3) is 4.38. The molecule has 1 rings (SSSR count). The molecule has 0 bridgehead atoms. The number of carbonyl (C=O) groups excluding carboxylic acids is 1. The van der Waals surface area contributed by atoms with Gasteiger partial charge in [-0.05, 0) is 0 Å². The molecule has 0 aliphatic carbocycles. The minimum absolute atomic E-state index is 0.135. The highest BCUT2D eigenvalue weighted by Crippen LogP contribution is 2.10. The van der Waals surface area contributed by atoms with E-state index in [4.69, 9.17) is 20.1 Å². The zero-order valence-corrected chi connectivity index (χ0v) is 10.2. The lowest BCUT2D eigenvalue weighted by atomic mass is 10.2. The lowest BCUT2D eigenvalue weighted by Gasteiger charge is -2.37. The Balaban J connectivity index is 2.78. The smallest absolute Gasteiger partial charge is 0.323 e. The lowest BCUT2D eigenvalue weighted by molar-refractivity contribution is -0.141. The molecule has 19 heavy (non-hydrogen) atoms. The van der Waals surface area contributed by atoms with Crippen molar-refractivity contribution in [3.63, 3.8) is 0 Å². The average molecular weight is 276 g/mol. The van der Waals surface area contributed by atoms with Gasteiger partial charge in [0.15, 0.2) is 0 Å². The molecule has 3 N–H and O–H groups in total. The molecule has 1 heterocycles. The van der Waals surface area contributed by atoms with E-state index in [9.17, 15) is 14.4 Å². The molecule has 2 amide bonds. The molecule has 1 atom stereocenters. The zero-order chi connectivity index (χ0) is 14.4. The number of nitrogens with zero attached hydrogens (tertiary/aromatic N) is 2. The summed E-state index contributed by atoms with van der Waals surface area (Å²) < 4.78 is 5.09. The molecule has 0 aromatic rings. The fraction of sp³-hybridized carbons (Fsp3) is 0.700. The van der Waals surface area contributed by atoms with Crippen LogP contribution in [0.3, 0.4) is 0 Å². The Morgan fingerprint density at radius 1 is 1.21 bits per heavy atom. The normalized spacial score (nSPS) is 19.0. The van der Waals surface area contributed by atoms with E-state index in [1.54, 1.807) is 0 Å². The number of urea groups is 1. The van der Waals surface area contributed by atoms with E-state index in [0.717, 1.165) is 0 Å². The van der Waals surface area contributed by atoms with E-state index in [0.29, 0.717) is 4.90 Å². The second-order valence-corrected chi connectivity index (χ2v) is 4.03. The van der Waals surface area contributed by atoms with Crippen molar-refractivity contribution in [3.8, 4) is 0 Å². The van der Waals surface area contributed by atoms with Crippen LogP contribution in [0.4, 0.5) is 4.79 Å². The predicted octanol–water partition coefficient (Wildman–Crippen LogP) is -1.73. The molecule has 1 saturated heterocycles. The molecule has 0 spiro atoms. The van der Waals surface area contributed by atoms with Crippen LogP contribution in [0.2, 0.25) is 0 Å². The maximum absolute atomic E-state index is 12.1. The number of rotatable bonds is 5. The number of carboxylic acid groups (broad SMARTS) is 2. The van der Waals surface area contributed by atoms with Gasteiger partial charge in [-0.25, -0.2) is 4.79 Å². The number of hydrogen-bond donors (Lipinski definition) is 3. The van der Waals surface area contributed by atoms with Gasteiger partial charge in [0.05, 0.1) is 25.9 Å². The summed E-state index contributed by atoms with van der Waals surface area (Å²) in [6, 6.07) is -1.32. The predicted molar refractivity (Wildman–Crippen MR) is 60.6 cm³/mol. The van der Waals surface area contributed by atoms with Crippen molar-refractivity contribution >= 4 is 18.0 Å². The second-order valence-electron chi connectivity index (χ2n) is 4.03. The van der Waals surface area contributed by atoms with Crippen molar-refractivity contribution in [2.45, 2.75) is 6.04 Å². The molecule has 1 unspecified atom stereocenters. The number of aliphatic carboxylic acids is 2. The van der Waals surface area contributed by atoms with Gasteiger partial charge in [0.2, 0.25) is 0 Å². The molecule has 1 aliphatic heterocycles. The standard InChI is InChI=1S/C10H16N2O7/c13-5-7-6-19-2-1-12(7)10(18)11(3-8(14)15)4-9(16)17/h7,13H,1-6H2,(H,14,15)(H,16,17). The maximum atomic E-state index is 12.1. The Morgan fingerprint density at radius 3 is 2.26 bits per heavy atom. The topological polar surface area (TPSA) is 128 Å². The van der Waals surface area contributed by atoms with Crippen LogP contribution in [0.5, 0.6) is 0 Å². The number of ether oxygens (including phenoxy) is 1. The molecule has 0 radical (unpaired) electrons. The first kappa shape index (κ1) is 15.2. The van der Waals surface area contributed by atoms with E-state index in [1.807, 2.05) is 0 Å². The van der Waals surface area contributed by atoms with Crippen LogP contribution >= 0.6 is 0 Å². The molecule has 0 aromatic heterocycles. The van der Waals surface area contributed by atoms with Gasteiger partial charge in [-0.3, -0.25) is 9.59 Å². The first-order valence-electron chi connectivity index (χ1n) is 5.63. The number of carbonyl (C=O) groups is 3. The quantitative estimate of drug-likeness (QED) is 0.544. The van der Waals surface area contributed by atoms with Crippen molar-refractivity contribution in [1.29, 1.82) is 0 Å². The fourth-order valence-corrected chi connectivity index (χ4v) is 1.76. The Kier molecular flexibility index (Phi) is 5.52. The number of hydrogen-bond acceptors (Lipinski definition) is 5. The van der Waals surface area contributed by atoms with Gasteiger partial charge in [-0.1, -0.05) is 0 Å². The van der Waals surface area contributed by atoms with E-state index in [1.165, 1.54) is 4.90 Å². The van der Waals surface area contributed by atoms with Gasteiger partial charge in [0.25, 0.3) is 0 Å². The van der Waals surface area contributed by atoms with Crippen LogP contribution in [-0.2, 0) is 14.3 Å². The second kappa shape index (κ2) is 6.90. The molecule has 108 valence electrons. The third-order valence-corrected chi connectivity index (χ3v) is 2.61. The number of morpholine rings is 1. The summed E-state index contributed by atoms with van der Waals surface area (Å²) in [5.74, 6) is -2.60. The number of aliphatic hydroxyl groups excluding tert-OH is 1. The molecule has 9 heteroatoms. The number of carboxylic acids is 2. The molecular formula is C10H16N2O7. The van der Waals surface area contributed by atoms with Crippen LogP contribution in [0.1, 0.15) is 0 Å². The van der Waals surface area contributed by atoms with Crippen molar-refractivity contribution in [2.75, 3.05) is 39.5 Å². The summed E-state index contributed by atoms with van der Waals surface area (Å²) in [4.78, 5) is 35.3. The van der Waals surface area contributed by atoms with Crippen molar-refractivity contribution < 1.29 is 34.4 Å². The fourth-order valence-electron chi connectivity index (χ4n) is 1.76. The Labute approximate surface area is 109 Å². The van der Waals surface area contributed by atoms with Crippen LogP contribution in [0.15, 0.2) is 0 Å². The van der Waals surface area contributed by atoms with E-state index in [2.05, 4.69) is 0 Å². The van der Waals surface area contributed by atoms with Crippen molar-refractivity contribution in [1.82, 2.24) is 9.80 Å². The molecule has 9 nitrogen and oxygen atoms in total. The highest BCUT2D eigenvalue weighted by atomic mass is 16.5. The van der Waals surface area contributed by atoms with Crippen molar-refractivity contribution in [2.24, 2.45) is 0 Å². The summed E-state index contributed by atoms with van der Waals surface area (Å²) in [6.45, 7) is -1.17. The minimum atomic E-state index is -1.30. The van der Waals surface area contributed by atoms with E-state index >= 15 is 0 Å². The lowest BCUT2D eigenvalue weighted by Crippen LogP contribution is -2.56. The van der Waals surface area contributed by atoms with Gasteiger partial charge in [0.1, 0.15) is 13.1 Å². The van der Waals surface area contributed by atoms with Gasteiger partial charge in [-0.2, -0.15) is 0 Å². The largest absolute Gasteiger partial charge is 0.480 e. The third-order valence-electron chi connectivity index (χ3n) is 2.61. The first-order chi connectivity index (χ1) is 8.95. The minimum Gasteiger partial charge on any atom is -0.480 e. The van der Waals surface area contributed by atoms with Gasteiger partial charge >= 0.3 is 18.0 Å². The number of amides is 2. The van der Waals surface area contributed by atoms with Gasteiger partial charge in [0, 0.05) is 6.54 Å². The van der Waals surface area contributed by atoms with Crippen LogP contribution < -0.4 is 0 Å².